The van der Waals surface area contributed by atoms with E-state index >= 15 is 0 Å². The van der Waals surface area contributed by atoms with Gasteiger partial charge in [-0.15, -0.1) is 4.91 Å². The number of rotatable bonds is 1. The summed E-state index contributed by atoms with van der Waals surface area (Å²) in [7, 11) is 1.81. The fraction of sp³-hybridized carbons (Fsp3) is 0.125. The maximum Gasteiger partial charge on any atom is 0.127 e. The van der Waals surface area contributed by atoms with E-state index < -0.39 is 0 Å². The van der Waals surface area contributed by atoms with E-state index in [2.05, 4.69) is 10.3 Å². The highest BCUT2D eigenvalue weighted by molar-refractivity contribution is 6.33. The molecule has 0 aliphatic heterocycles. The molecule has 1 aromatic carbocycles. The number of hydrogen-bond donors (Lipinski definition) is 0. The van der Waals surface area contributed by atoms with Crippen molar-refractivity contribution in [2.24, 2.45) is 12.2 Å². The molecule has 0 N–H and O–H groups in total. The lowest BCUT2D eigenvalue weighted by molar-refractivity contribution is 0.780. The lowest BCUT2D eigenvalue weighted by atomic mass is 10.2. The van der Waals surface area contributed by atoms with Gasteiger partial charge in [0.25, 0.3) is 0 Å². The Bertz CT molecular complexity index is 477. The number of aromatic nitrogens is 2. The maximum atomic E-state index is 10.3. The van der Waals surface area contributed by atoms with Gasteiger partial charge in [-0.05, 0) is 17.3 Å². The van der Waals surface area contributed by atoms with E-state index in [1.54, 1.807) is 23.0 Å². The molecule has 1 aromatic heterocycles. The fourth-order valence-corrected chi connectivity index (χ4v) is 1.42. The third-order valence-electron chi connectivity index (χ3n) is 1.79. The molecular weight excluding hydrogens is 190 g/mol. The molecule has 4 nitrogen and oxygen atoms in total. The number of fused-ring (bicyclic) bond motifs is 1. The van der Waals surface area contributed by atoms with Crippen LogP contribution in [0.3, 0.4) is 0 Å². The van der Waals surface area contributed by atoms with E-state index in [0.29, 0.717) is 5.02 Å². The Labute approximate surface area is 79.1 Å². The summed E-state index contributed by atoms with van der Waals surface area (Å²) in [4.78, 5) is 10.3. The van der Waals surface area contributed by atoms with E-state index in [1.807, 2.05) is 7.05 Å². The second-order valence-electron chi connectivity index (χ2n) is 2.76. The molecule has 0 spiro atoms. The summed E-state index contributed by atoms with van der Waals surface area (Å²) in [6.45, 7) is 0. The molecule has 0 radical (unpaired) electrons. The molecule has 0 bridgehead atoms. The van der Waals surface area contributed by atoms with Crippen molar-refractivity contribution >= 4 is 28.2 Å². The SMILES string of the molecule is Cn1cc2cc(N=O)c(Cl)cc2n1. The van der Waals surface area contributed by atoms with Crippen molar-refractivity contribution < 1.29 is 0 Å². The van der Waals surface area contributed by atoms with Gasteiger partial charge in [-0.25, -0.2) is 0 Å². The zero-order valence-corrected chi connectivity index (χ0v) is 7.62. The van der Waals surface area contributed by atoms with Gasteiger partial charge in [-0.1, -0.05) is 11.6 Å². The number of aryl methyl sites for hydroxylation is 1. The van der Waals surface area contributed by atoms with Crippen LogP contribution in [0, 0.1) is 4.91 Å². The standard InChI is InChI=1S/C8H6ClN3O/c1-12-4-5-2-8(11-13)6(9)3-7(5)10-12/h2-4H,1H3. The molecule has 0 saturated carbocycles. The van der Waals surface area contributed by atoms with Gasteiger partial charge in [0.1, 0.15) is 5.69 Å². The summed E-state index contributed by atoms with van der Waals surface area (Å²) in [5, 5.41) is 8.15. The summed E-state index contributed by atoms with van der Waals surface area (Å²) in [5.74, 6) is 0. The van der Waals surface area contributed by atoms with E-state index in [4.69, 9.17) is 11.6 Å². The zero-order chi connectivity index (χ0) is 9.42. The molecule has 5 heteroatoms. The molecule has 0 atom stereocenters. The first-order valence-corrected chi connectivity index (χ1v) is 4.05. The largest absolute Gasteiger partial charge is 0.275 e. The molecule has 1 heterocycles. The first-order chi connectivity index (χ1) is 6.20. The maximum absolute atomic E-state index is 10.3. The minimum atomic E-state index is 0.252. The van der Waals surface area contributed by atoms with E-state index in [0.717, 1.165) is 10.9 Å². The van der Waals surface area contributed by atoms with Crippen molar-refractivity contribution in [1.82, 2.24) is 9.78 Å². The molecule has 0 saturated heterocycles. The number of hydrogen-bond acceptors (Lipinski definition) is 3. The average molecular weight is 196 g/mol. The van der Waals surface area contributed by atoms with Crippen LogP contribution in [0.25, 0.3) is 10.9 Å². The van der Waals surface area contributed by atoms with Gasteiger partial charge >= 0.3 is 0 Å². The predicted octanol–water partition coefficient (Wildman–Crippen LogP) is 2.62. The Balaban J connectivity index is 2.79. The van der Waals surface area contributed by atoms with Gasteiger partial charge in [0.15, 0.2) is 0 Å². The summed E-state index contributed by atoms with van der Waals surface area (Å²) in [6.07, 6.45) is 1.81. The molecular formula is C8H6ClN3O. The molecule has 0 aliphatic carbocycles. The van der Waals surface area contributed by atoms with Crippen LogP contribution in [0.15, 0.2) is 23.5 Å². The van der Waals surface area contributed by atoms with Crippen LogP contribution in [0.2, 0.25) is 5.02 Å². The molecule has 0 amide bonds. The number of halogens is 1. The van der Waals surface area contributed by atoms with Crippen LogP contribution in [0.1, 0.15) is 0 Å². The summed E-state index contributed by atoms with van der Waals surface area (Å²) in [5.41, 5.74) is 1.02. The summed E-state index contributed by atoms with van der Waals surface area (Å²) >= 11 is 5.77. The van der Waals surface area contributed by atoms with E-state index in [1.165, 1.54) is 0 Å². The minimum Gasteiger partial charge on any atom is -0.275 e. The van der Waals surface area contributed by atoms with Gasteiger partial charge < -0.3 is 0 Å². The molecule has 0 unspecified atom stereocenters. The van der Waals surface area contributed by atoms with E-state index in [9.17, 15) is 4.91 Å². The van der Waals surface area contributed by atoms with Gasteiger partial charge in [0.2, 0.25) is 0 Å². The quantitative estimate of drug-likeness (QED) is 0.657. The minimum absolute atomic E-state index is 0.252. The normalized spacial score (nSPS) is 10.6. The Morgan fingerprint density at radius 1 is 1.54 bits per heavy atom. The van der Waals surface area contributed by atoms with Crippen molar-refractivity contribution in [2.75, 3.05) is 0 Å². The van der Waals surface area contributed by atoms with E-state index in [-0.39, 0.29) is 5.69 Å². The van der Waals surface area contributed by atoms with Crippen LogP contribution in [0.5, 0.6) is 0 Å². The van der Waals surface area contributed by atoms with Crippen LogP contribution < -0.4 is 0 Å². The van der Waals surface area contributed by atoms with Crippen molar-refractivity contribution in [3.05, 3.63) is 28.3 Å². The second kappa shape index (κ2) is 2.81. The Morgan fingerprint density at radius 2 is 2.31 bits per heavy atom. The highest BCUT2D eigenvalue weighted by Gasteiger charge is 2.05. The molecule has 0 fully saturated rings. The smallest absolute Gasteiger partial charge is 0.127 e. The van der Waals surface area contributed by atoms with Gasteiger partial charge in [-0.3, -0.25) is 4.68 Å². The second-order valence-corrected chi connectivity index (χ2v) is 3.16. The number of nitrogens with zero attached hydrogens (tertiary/aromatic N) is 3. The molecule has 66 valence electrons. The number of benzene rings is 1. The molecule has 2 rings (SSSR count). The van der Waals surface area contributed by atoms with Crippen LogP contribution >= 0.6 is 11.6 Å². The lowest BCUT2D eigenvalue weighted by Crippen LogP contribution is -1.84. The third kappa shape index (κ3) is 1.29. The Morgan fingerprint density at radius 3 is 3.00 bits per heavy atom. The van der Waals surface area contributed by atoms with Crippen molar-refractivity contribution in [3.63, 3.8) is 0 Å². The molecule has 13 heavy (non-hydrogen) atoms. The topological polar surface area (TPSA) is 47.2 Å². The van der Waals surface area contributed by atoms with Gasteiger partial charge in [0, 0.05) is 18.6 Å². The van der Waals surface area contributed by atoms with Crippen LogP contribution in [0.4, 0.5) is 5.69 Å². The first kappa shape index (κ1) is 8.19. The zero-order valence-electron chi connectivity index (χ0n) is 6.86. The van der Waals surface area contributed by atoms with Crippen LogP contribution in [-0.4, -0.2) is 9.78 Å². The fourth-order valence-electron chi connectivity index (χ4n) is 1.23. The average Bonchev–Trinajstić information content (AvgIpc) is 2.42. The van der Waals surface area contributed by atoms with Crippen molar-refractivity contribution in [3.8, 4) is 0 Å². The summed E-state index contributed by atoms with van der Waals surface area (Å²) < 4.78 is 1.66. The predicted molar refractivity (Wildman–Crippen MR) is 51.2 cm³/mol. The number of nitroso groups, excluding NO2 is 1. The third-order valence-corrected chi connectivity index (χ3v) is 2.09. The first-order valence-electron chi connectivity index (χ1n) is 3.67. The van der Waals surface area contributed by atoms with Crippen LogP contribution in [-0.2, 0) is 7.05 Å². The molecule has 0 aliphatic rings. The Kier molecular flexibility index (Phi) is 1.77. The summed E-state index contributed by atoms with van der Waals surface area (Å²) in [6, 6.07) is 3.26. The monoisotopic (exact) mass is 195 g/mol. The van der Waals surface area contributed by atoms with Gasteiger partial charge in [0.05, 0.1) is 10.5 Å². The Hall–Kier alpha value is -1.42. The molecule has 2 aromatic rings. The lowest BCUT2D eigenvalue weighted by Gasteiger charge is -1.92. The van der Waals surface area contributed by atoms with Crippen molar-refractivity contribution in [1.29, 1.82) is 0 Å². The van der Waals surface area contributed by atoms with Crippen molar-refractivity contribution in [2.45, 2.75) is 0 Å². The highest BCUT2D eigenvalue weighted by atomic mass is 35.5. The van der Waals surface area contributed by atoms with Gasteiger partial charge in [-0.2, -0.15) is 5.10 Å². The highest BCUT2D eigenvalue weighted by Crippen LogP contribution is 2.29.